The summed E-state index contributed by atoms with van der Waals surface area (Å²) in [7, 11) is 0. The summed E-state index contributed by atoms with van der Waals surface area (Å²) in [6.07, 6.45) is -5.31. The zero-order valence-corrected chi connectivity index (χ0v) is 9.66. The normalized spacial score (nSPS) is 12.8. The van der Waals surface area contributed by atoms with E-state index in [0.29, 0.717) is 0 Å². The molecular formula is C9H13F3N2O5. The van der Waals surface area contributed by atoms with E-state index in [2.05, 4.69) is 0 Å². The molecule has 1 unspecified atom stereocenters. The van der Waals surface area contributed by atoms with E-state index in [1.165, 1.54) is 0 Å². The van der Waals surface area contributed by atoms with Gasteiger partial charge >= 0.3 is 18.1 Å². The van der Waals surface area contributed by atoms with E-state index in [1.54, 1.807) is 5.32 Å². The molecule has 4 N–H and O–H groups in total. The van der Waals surface area contributed by atoms with E-state index in [0.717, 1.165) is 0 Å². The number of hydrogen-bond donors (Lipinski definition) is 4. The Hall–Kier alpha value is -1.84. The number of amides is 1. The first-order chi connectivity index (χ1) is 8.61. The summed E-state index contributed by atoms with van der Waals surface area (Å²) in [6.45, 7) is -2.09. The molecule has 0 aliphatic carbocycles. The van der Waals surface area contributed by atoms with Crippen molar-refractivity contribution in [2.45, 2.75) is 25.1 Å². The summed E-state index contributed by atoms with van der Waals surface area (Å²) in [5.74, 6) is -3.65. The van der Waals surface area contributed by atoms with Crippen LogP contribution in [-0.2, 0) is 14.4 Å². The maximum Gasteiger partial charge on any atom is 0.401 e. The zero-order valence-electron chi connectivity index (χ0n) is 9.66. The third-order valence-corrected chi connectivity index (χ3v) is 1.89. The van der Waals surface area contributed by atoms with Crippen LogP contribution in [-0.4, -0.2) is 53.4 Å². The van der Waals surface area contributed by atoms with E-state index in [9.17, 15) is 27.6 Å². The van der Waals surface area contributed by atoms with Crippen LogP contribution in [0.15, 0.2) is 0 Å². The molecule has 19 heavy (non-hydrogen) atoms. The first kappa shape index (κ1) is 17.2. The number of hydrogen-bond acceptors (Lipinski definition) is 4. The van der Waals surface area contributed by atoms with Crippen molar-refractivity contribution in [3.63, 3.8) is 0 Å². The predicted molar refractivity (Wildman–Crippen MR) is 55.4 cm³/mol. The average molecular weight is 286 g/mol. The highest BCUT2D eigenvalue weighted by atomic mass is 19.4. The Kier molecular flexibility index (Phi) is 6.83. The van der Waals surface area contributed by atoms with Crippen LogP contribution in [0.4, 0.5) is 13.2 Å². The van der Waals surface area contributed by atoms with Crippen molar-refractivity contribution in [3.8, 4) is 0 Å². The molecular weight excluding hydrogens is 273 g/mol. The van der Waals surface area contributed by atoms with E-state index in [-0.39, 0.29) is 6.42 Å². The summed E-state index contributed by atoms with van der Waals surface area (Å²) in [5, 5.41) is 20.8. The highest BCUT2D eigenvalue weighted by molar-refractivity contribution is 5.85. The molecule has 1 atom stereocenters. The minimum Gasteiger partial charge on any atom is -0.481 e. The molecule has 0 heterocycles. The lowest BCUT2D eigenvalue weighted by molar-refractivity contribution is -0.143. The Labute approximate surface area is 105 Å². The fourth-order valence-electron chi connectivity index (χ4n) is 1.09. The first-order valence-corrected chi connectivity index (χ1v) is 5.13. The van der Waals surface area contributed by atoms with Crippen LogP contribution in [0, 0.1) is 0 Å². The largest absolute Gasteiger partial charge is 0.481 e. The Morgan fingerprint density at radius 1 is 1.16 bits per heavy atom. The number of nitrogens with one attached hydrogen (secondary N) is 2. The molecule has 0 aliphatic rings. The number of halogens is 3. The summed E-state index contributed by atoms with van der Waals surface area (Å²) >= 11 is 0. The third-order valence-electron chi connectivity index (χ3n) is 1.89. The molecule has 0 rings (SSSR count). The zero-order chi connectivity index (χ0) is 15.1. The lowest BCUT2D eigenvalue weighted by Crippen LogP contribution is -2.46. The third kappa shape index (κ3) is 9.83. The van der Waals surface area contributed by atoms with Crippen LogP contribution in [0.5, 0.6) is 0 Å². The van der Waals surface area contributed by atoms with Gasteiger partial charge in [0.25, 0.3) is 0 Å². The molecule has 1 amide bonds. The van der Waals surface area contributed by atoms with Crippen LogP contribution in [0.3, 0.4) is 0 Å². The van der Waals surface area contributed by atoms with Gasteiger partial charge in [-0.15, -0.1) is 0 Å². The number of alkyl halides is 3. The second-order valence-electron chi connectivity index (χ2n) is 3.61. The molecule has 0 bridgehead atoms. The van der Waals surface area contributed by atoms with E-state index in [1.807, 2.05) is 5.32 Å². The fraction of sp³-hybridized carbons (Fsp3) is 0.667. The van der Waals surface area contributed by atoms with Gasteiger partial charge in [0.2, 0.25) is 5.91 Å². The average Bonchev–Trinajstić information content (AvgIpc) is 2.21. The molecule has 110 valence electrons. The van der Waals surface area contributed by atoms with Gasteiger partial charge in [-0.2, -0.15) is 13.2 Å². The van der Waals surface area contributed by atoms with Crippen molar-refractivity contribution in [3.05, 3.63) is 0 Å². The minimum absolute atomic E-state index is 0.352. The number of carboxylic acid groups (broad SMARTS) is 2. The van der Waals surface area contributed by atoms with Crippen LogP contribution >= 0.6 is 0 Å². The van der Waals surface area contributed by atoms with Crippen molar-refractivity contribution in [2.75, 3.05) is 13.1 Å². The molecule has 0 fully saturated rings. The number of carbonyl (C=O) groups excluding carboxylic acids is 1. The van der Waals surface area contributed by atoms with Gasteiger partial charge in [0.05, 0.1) is 13.1 Å². The second-order valence-corrected chi connectivity index (χ2v) is 3.61. The Balaban J connectivity index is 4.10. The number of carboxylic acids is 2. The number of rotatable bonds is 8. The van der Waals surface area contributed by atoms with Gasteiger partial charge in [-0.25, -0.2) is 4.79 Å². The van der Waals surface area contributed by atoms with Crippen LogP contribution in [0.2, 0.25) is 0 Å². The summed E-state index contributed by atoms with van der Waals surface area (Å²) in [4.78, 5) is 32.1. The monoisotopic (exact) mass is 286 g/mol. The van der Waals surface area contributed by atoms with Gasteiger partial charge in [0, 0.05) is 6.42 Å². The molecule has 0 aromatic rings. The van der Waals surface area contributed by atoms with Crippen molar-refractivity contribution in [2.24, 2.45) is 0 Å². The Bertz CT molecular complexity index is 345. The van der Waals surface area contributed by atoms with Gasteiger partial charge < -0.3 is 20.8 Å². The van der Waals surface area contributed by atoms with E-state index < -0.39 is 49.6 Å². The van der Waals surface area contributed by atoms with Crippen molar-refractivity contribution >= 4 is 17.8 Å². The smallest absolute Gasteiger partial charge is 0.401 e. The maximum absolute atomic E-state index is 11.8. The number of carbonyl (C=O) groups is 3. The Morgan fingerprint density at radius 2 is 1.74 bits per heavy atom. The summed E-state index contributed by atoms with van der Waals surface area (Å²) in [6, 6.07) is -1.45. The van der Waals surface area contributed by atoms with Gasteiger partial charge in [-0.3, -0.25) is 9.59 Å². The molecule has 0 aromatic carbocycles. The molecule has 0 saturated carbocycles. The van der Waals surface area contributed by atoms with Crippen molar-refractivity contribution < 1.29 is 37.8 Å². The topological polar surface area (TPSA) is 116 Å². The van der Waals surface area contributed by atoms with Gasteiger partial charge in [-0.05, 0) is 6.42 Å². The van der Waals surface area contributed by atoms with Gasteiger partial charge in [0.15, 0.2) is 0 Å². The highest BCUT2D eigenvalue weighted by Crippen LogP contribution is 2.11. The van der Waals surface area contributed by atoms with Crippen LogP contribution in [0.1, 0.15) is 12.8 Å². The van der Waals surface area contributed by atoms with Crippen LogP contribution in [0.25, 0.3) is 0 Å². The molecule has 0 saturated heterocycles. The lowest BCUT2D eigenvalue weighted by Gasteiger charge is -2.14. The SMILES string of the molecule is O=C(O)CCC(NC(=O)CNCC(F)(F)F)C(=O)O. The predicted octanol–water partition coefficient (Wildman–Crippen LogP) is -0.428. The molecule has 0 spiro atoms. The minimum atomic E-state index is -4.48. The second kappa shape index (κ2) is 7.56. The van der Waals surface area contributed by atoms with E-state index in [4.69, 9.17) is 10.2 Å². The molecule has 0 aromatic heterocycles. The quantitative estimate of drug-likeness (QED) is 0.481. The molecule has 0 radical (unpaired) electrons. The van der Waals surface area contributed by atoms with Crippen molar-refractivity contribution in [1.29, 1.82) is 0 Å². The van der Waals surface area contributed by atoms with E-state index >= 15 is 0 Å². The summed E-state index contributed by atoms with van der Waals surface area (Å²) < 4.78 is 35.3. The van der Waals surface area contributed by atoms with Crippen LogP contribution < -0.4 is 10.6 Å². The first-order valence-electron chi connectivity index (χ1n) is 5.13. The summed E-state index contributed by atoms with van der Waals surface area (Å²) in [5.41, 5.74) is 0. The molecule has 7 nitrogen and oxygen atoms in total. The number of aliphatic carboxylic acids is 2. The van der Waals surface area contributed by atoms with Gasteiger partial charge in [-0.1, -0.05) is 0 Å². The lowest BCUT2D eigenvalue weighted by atomic mass is 10.1. The van der Waals surface area contributed by atoms with Gasteiger partial charge in [0.1, 0.15) is 6.04 Å². The Morgan fingerprint density at radius 3 is 2.16 bits per heavy atom. The molecule has 10 heteroatoms. The molecule has 0 aliphatic heterocycles. The maximum atomic E-state index is 11.8. The van der Waals surface area contributed by atoms with Crippen molar-refractivity contribution in [1.82, 2.24) is 10.6 Å². The highest BCUT2D eigenvalue weighted by Gasteiger charge is 2.27. The fourth-order valence-corrected chi connectivity index (χ4v) is 1.09. The standard InChI is InChI=1S/C9H13F3N2O5/c10-9(11,12)4-13-3-6(15)14-5(8(18)19)1-2-7(16)17/h5,13H,1-4H2,(H,14,15)(H,16,17)(H,18,19).